The maximum atomic E-state index is 12.6. The molecule has 0 spiro atoms. The van der Waals surface area contributed by atoms with Gasteiger partial charge in [-0.3, -0.25) is 19.3 Å². The van der Waals surface area contributed by atoms with Crippen molar-refractivity contribution < 1.29 is 23.9 Å². The Balaban J connectivity index is 1.48. The van der Waals surface area contributed by atoms with Crippen LogP contribution >= 0.6 is 11.3 Å². The molecule has 7 nitrogen and oxygen atoms in total. The summed E-state index contributed by atoms with van der Waals surface area (Å²) in [4.78, 5) is 51.2. The van der Waals surface area contributed by atoms with Gasteiger partial charge in [-0.25, -0.2) is 4.79 Å². The van der Waals surface area contributed by atoms with Gasteiger partial charge in [-0.1, -0.05) is 12.8 Å². The van der Waals surface area contributed by atoms with E-state index in [0.29, 0.717) is 16.5 Å². The summed E-state index contributed by atoms with van der Waals surface area (Å²) >= 11 is 1.29. The largest absolute Gasteiger partial charge is 0.462 e. The number of thiophene rings is 1. The van der Waals surface area contributed by atoms with E-state index >= 15 is 0 Å². The summed E-state index contributed by atoms with van der Waals surface area (Å²) < 4.78 is 5.16. The number of likely N-dealkylation sites (tertiary alicyclic amines) is 1. The fourth-order valence-corrected chi connectivity index (χ4v) is 5.32. The van der Waals surface area contributed by atoms with Crippen molar-refractivity contribution in [3.8, 4) is 0 Å². The molecule has 1 aromatic heterocycles. The van der Waals surface area contributed by atoms with E-state index in [-0.39, 0.29) is 36.8 Å². The zero-order valence-electron chi connectivity index (χ0n) is 15.9. The first-order valence-corrected chi connectivity index (χ1v) is 10.8. The average Bonchev–Trinajstić information content (AvgIpc) is 3.41. The highest BCUT2D eigenvalue weighted by Crippen LogP contribution is 2.46. The first-order valence-electron chi connectivity index (χ1n) is 9.94. The van der Waals surface area contributed by atoms with E-state index in [9.17, 15) is 19.2 Å². The van der Waals surface area contributed by atoms with E-state index in [4.69, 9.17) is 4.74 Å². The summed E-state index contributed by atoms with van der Waals surface area (Å²) in [6, 6.07) is 0. The Labute approximate surface area is 167 Å². The molecule has 1 N–H and O–H groups in total. The third-order valence-electron chi connectivity index (χ3n) is 5.80. The lowest BCUT2D eigenvalue weighted by atomic mass is 9.81. The summed E-state index contributed by atoms with van der Waals surface area (Å²) in [5, 5.41) is 5.06. The first kappa shape index (κ1) is 19.1. The zero-order chi connectivity index (χ0) is 19.8. The summed E-state index contributed by atoms with van der Waals surface area (Å²) in [6.07, 6.45) is 5.38. The molecule has 0 unspecified atom stereocenters. The molecule has 3 aliphatic rings. The van der Waals surface area contributed by atoms with Crippen molar-refractivity contribution in [3.05, 3.63) is 16.5 Å². The molecule has 2 atom stereocenters. The van der Waals surface area contributed by atoms with E-state index in [2.05, 4.69) is 5.32 Å². The van der Waals surface area contributed by atoms with Crippen molar-refractivity contribution in [2.24, 2.45) is 11.8 Å². The number of imide groups is 1. The molecule has 0 bridgehead atoms. The van der Waals surface area contributed by atoms with Crippen molar-refractivity contribution in [2.75, 3.05) is 18.5 Å². The van der Waals surface area contributed by atoms with Crippen molar-refractivity contribution in [1.82, 2.24) is 4.90 Å². The molecular weight excluding hydrogens is 380 g/mol. The van der Waals surface area contributed by atoms with Crippen LogP contribution in [-0.2, 0) is 19.1 Å². The molecule has 2 saturated carbocycles. The van der Waals surface area contributed by atoms with Crippen molar-refractivity contribution in [3.63, 3.8) is 0 Å². The maximum absolute atomic E-state index is 12.6. The van der Waals surface area contributed by atoms with Crippen LogP contribution in [0.3, 0.4) is 0 Å². The predicted molar refractivity (Wildman–Crippen MR) is 103 cm³/mol. The topological polar surface area (TPSA) is 92.8 Å². The number of nitrogens with one attached hydrogen (secondary N) is 1. The number of hydrogen-bond acceptors (Lipinski definition) is 6. The van der Waals surface area contributed by atoms with Gasteiger partial charge in [-0.05, 0) is 49.5 Å². The van der Waals surface area contributed by atoms with Crippen molar-refractivity contribution in [1.29, 1.82) is 0 Å². The third kappa shape index (κ3) is 3.45. The number of hydrogen-bond donors (Lipinski definition) is 1. The Morgan fingerprint density at radius 3 is 2.36 bits per heavy atom. The molecule has 2 heterocycles. The first-order chi connectivity index (χ1) is 13.5. The van der Waals surface area contributed by atoms with Crippen LogP contribution in [0.4, 0.5) is 5.00 Å². The number of nitrogens with zero attached hydrogens (tertiary/aromatic N) is 1. The number of amides is 3. The molecule has 28 heavy (non-hydrogen) atoms. The average molecular weight is 404 g/mol. The molecular formula is C20H24N2O5S. The maximum Gasteiger partial charge on any atom is 0.341 e. The fraction of sp³-hybridized carbons (Fsp3) is 0.600. The van der Waals surface area contributed by atoms with Crippen LogP contribution in [0.15, 0.2) is 5.38 Å². The third-order valence-corrected chi connectivity index (χ3v) is 6.72. The van der Waals surface area contributed by atoms with Gasteiger partial charge in [0.05, 0.1) is 24.0 Å². The molecule has 4 rings (SSSR count). The van der Waals surface area contributed by atoms with Gasteiger partial charge in [0, 0.05) is 0 Å². The molecule has 3 fully saturated rings. The smallest absolute Gasteiger partial charge is 0.341 e. The summed E-state index contributed by atoms with van der Waals surface area (Å²) in [7, 11) is 0. The van der Waals surface area contributed by atoms with Crippen LogP contribution in [0.25, 0.3) is 0 Å². The van der Waals surface area contributed by atoms with Gasteiger partial charge in [0.15, 0.2) is 0 Å². The van der Waals surface area contributed by atoms with Crippen LogP contribution in [0.5, 0.6) is 0 Å². The lowest BCUT2D eigenvalue weighted by Crippen LogP contribution is -2.38. The molecule has 1 aliphatic heterocycles. The van der Waals surface area contributed by atoms with Crippen LogP contribution in [0, 0.1) is 11.8 Å². The lowest BCUT2D eigenvalue weighted by molar-refractivity contribution is -0.142. The molecule has 2 aliphatic carbocycles. The van der Waals surface area contributed by atoms with Crippen LogP contribution < -0.4 is 5.32 Å². The minimum atomic E-state index is -0.463. The Morgan fingerprint density at radius 1 is 1.14 bits per heavy atom. The standard InChI is InChI=1S/C20H24N2O5S/c1-2-27-20(26)16-14(11-7-8-11)10-28-17(16)21-15(23)9-22-18(24)12-5-3-4-6-13(12)19(22)25/h10-13H,2-9H2,1H3,(H,21,23)/t12-,13+. The highest BCUT2D eigenvalue weighted by Gasteiger charge is 2.48. The van der Waals surface area contributed by atoms with E-state index in [1.165, 1.54) is 11.3 Å². The highest BCUT2D eigenvalue weighted by atomic mass is 32.1. The normalized spacial score (nSPS) is 24.2. The Morgan fingerprint density at radius 2 is 1.79 bits per heavy atom. The van der Waals surface area contributed by atoms with Crippen molar-refractivity contribution >= 4 is 40.0 Å². The second-order valence-corrected chi connectivity index (χ2v) is 8.58. The second kappa shape index (κ2) is 7.66. The second-order valence-electron chi connectivity index (χ2n) is 7.70. The van der Waals surface area contributed by atoms with Gasteiger partial charge in [0.2, 0.25) is 17.7 Å². The van der Waals surface area contributed by atoms with Crippen molar-refractivity contribution in [2.45, 2.75) is 51.4 Å². The Kier molecular flexibility index (Phi) is 5.23. The molecule has 150 valence electrons. The van der Waals surface area contributed by atoms with Gasteiger partial charge < -0.3 is 10.1 Å². The molecule has 3 amide bonds. The fourth-order valence-electron chi connectivity index (χ4n) is 4.27. The molecule has 0 radical (unpaired) electrons. The minimum absolute atomic E-state index is 0.236. The summed E-state index contributed by atoms with van der Waals surface area (Å²) in [6.45, 7) is 1.69. The number of ether oxygens (including phenoxy) is 1. The summed E-state index contributed by atoms with van der Waals surface area (Å²) in [5.74, 6) is -1.58. The molecule has 8 heteroatoms. The number of fused-ring (bicyclic) bond motifs is 1. The van der Waals surface area contributed by atoms with E-state index in [1.807, 2.05) is 5.38 Å². The van der Waals surface area contributed by atoms with Gasteiger partial charge in [-0.15, -0.1) is 11.3 Å². The Bertz CT molecular complexity index is 805. The highest BCUT2D eigenvalue weighted by molar-refractivity contribution is 7.15. The van der Waals surface area contributed by atoms with Crippen LogP contribution in [-0.4, -0.2) is 41.7 Å². The number of rotatable bonds is 6. The monoisotopic (exact) mass is 404 g/mol. The van der Waals surface area contributed by atoms with Gasteiger partial charge in [0.25, 0.3) is 0 Å². The van der Waals surface area contributed by atoms with E-state index < -0.39 is 11.9 Å². The number of anilines is 1. The number of carbonyl (C=O) groups is 4. The molecule has 0 aromatic carbocycles. The Hall–Kier alpha value is -2.22. The zero-order valence-corrected chi connectivity index (χ0v) is 16.7. The SMILES string of the molecule is CCOC(=O)c1c(C2CC2)csc1NC(=O)CN1C(=O)[C@H]2CCCC[C@H]2C1=O. The van der Waals surface area contributed by atoms with Crippen LogP contribution in [0.1, 0.15) is 67.3 Å². The minimum Gasteiger partial charge on any atom is -0.462 e. The lowest BCUT2D eigenvalue weighted by Gasteiger charge is -2.19. The van der Waals surface area contributed by atoms with Crippen LogP contribution in [0.2, 0.25) is 0 Å². The molecule has 1 saturated heterocycles. The number of carbonyl (C=O) groups excluding carboxylic acids is 4. The van der Waals surface area contributed by atoms with Gasteiger partial charge >= 0.3 is 5.97 Å². The van der Waals surface area contributed by atoms with Gasteiger partial charge in [0.1, 0.15) is 11.5 Å². The quantitative estimate of drug-likeness (QED) is 0.581. The number of esters is 1. The predicted octanol–water partition coefficient (Wildman–Crippen LogP) is 2.92. The molecule has 1 aromatic rings. The van der Waals surface area contributed by atoms with Gasteiger partial charge in [-0.2, -0.15) is 0 Å². The van der Waals surface area contributed by atoms with E-state index in [0.717, 1.165) is 49.0 Å². The summed E-state index contributed by atoms with van der Waals surface area (Å²) in [5.41, 5.74) is 1.33. The van der Waals surface area contributed by atoms with E-state index in [1.54, 1.807) is 6.92 Å².